The molecule has 7 nitrogen and oxygen atoms in total. The molecule has 0 saturated heterocycles. The molecule has 0 saturated carbocycles. The molecule has 0 aliphatic carbocycles. The minimum Gasteiger partial charge on any atom is -0.486 e. The fourth-order valence-corrected chi connectivity index (χ4v) is 4.34. The van der Waals surface area contributed by atoms with Gasteiger partial charge in [0.2, 0.25) is 5.91 Å². The number of ether oxygens (including phenoxy) is 3. The van der Waals surface area contributed by atoms with E-state index in [2.05, 4.69) is 17.4 Å². The van der Waals surface area contributed by atoms with E-state index in [-0.39, 0.29) is 19.1 Å². The standard InChI is InChI=1S/C28H23N3O4/c32-28(29-20-12-13-25-26(16-20)34-15-14-33-25)17-31-23-10-4-3-9-22(23)30-27(31)18-35-24-11-5-7-19-6-1-2-8-21(19)24/h1-13,16H,14-15,17-18H2,(H,29,32). The second-order valence-electron chi connectivity index (χ2n) is 8.28. The summed E-state index contributed by atoms with van der Waals surface area (Å²) >= 11 is 0. The molecule has 4 aromatic carbocycles. The largest absolute Gasteiger partial charge is 0.486 e. The first-order valence-electron chi connectivity index (χ1n) is 11.5. The summed E-state index contributed by atoms with van der Waals surface area (Å²) in [5.41, 5.74) is 2.34. The number of nitrogens with zero attached hydrogens (tertiary/aromatic N) is 2. The number of nitrogens with one attached hydrogen (secondary N) is 1. The third-order valence-corrected chi connectivity index (χ3v) is 5.97. The van der Waals surface area contributed by atoms with Gasteiger partial charge in [-0.1, -0.05) is 48.5 Å². The van der Waals surface area contributed by atoms with Gasteiger partial charge in [0.05, 0.1) is 11.0 Å². The van der Waals surface area contributed by atoms with Gasteiger partial charge in [-0.05, 0) is 35.7 Å². The van der Waals surface area contributed by atoms with Crippen LogP contribution in [0.15, 0.2) is 84.9 Å². The number of carbonyl (C=O) groups is 1. The van der Waals surface area contributed by atoms with E-state index < -0.39 is 0 Å². The van der Waals surface area contributed by atoms with Gasteiger partial charge in [-0.3, -0.25) is 4.79 Å². The Labute approximate surface area is 201 Å². The fraction of sp³-hybridized carbons (Fsp3) is 0.143. The smallest absolute Gasteiger partial charge is 0.244 e. The maximum atomic E-state index is 13.0. The number of amides is 1. The number of carbonyl (C=O) groups excluding carboxylic acids is 1. The number of benzene rings is 4. The molecule has 0 unspecified atom stereocenters. The van der Waals surface area contributed by atoms with Gasteiger partial charge in [-0.15, -0.1) is 0 Å². The molecule has 0 atom stereocenters. The Morgan fingerprint density at radius 2 is 1.71 bits per heavy atom. The van der Waals surface area contributed by atoms with Crippen LogP contribution in [0.1, 0.15) is 5.82 Å². The van der Waals surface area contributed by atoms with Crippen molar-refractivity contribution in [3.05, 3.63) is 90.8 Å². The quantitative estimate of drug-likeness (QED) is 0.374. The molecule has 35 heavy (non-hydrogen) atoms. The Kier molecular flexibility index (Phi) is 5.42. The zero-order valence-corrected chi connectivity index (χ0v) is 18.9. The summed E-state index contributed by atoms with van der Waals surface area (Å²) in [6.07, 6.45) is 0. The fourth-order valence-electron chi connectivity index (χ4n) is 4.34. The van der Waals surface area contributed by atoms with E-state index in [0.29, 0.717) is 36.2 Å². The molecule has 5 aromatic rings. The minimum absolute atomic E-state index is 0.100. The molecular formula is C28H23N3O4. The summed E-state index contributed by atoms with van der Waals surface area (Å²) in [5, 5.41) is 5.10. The van der Waals surface area contributed by atoms with E-state index >= 15 is 0 Å². The van der Waals surface area contributed by atoms with Gasteiger partial charge in [0, 0.05) is 17.1 Å². The minimum atomic E-state index is -0.170. The van der Waals surface area contributed by atoms with E-state index in [4.69, 9.17) is 19.2 Å². The summed E-state index contributed by atoms with van der Waals surface area (Å²) in [4.78, 5) is 17.8. The molecular weight excluding hydrogens is 442 g/mol. The number of hydrogen-bond acceptors (Lipinski definition) is 5. The van der Waals surface area contributed by atoms with Crippen molar-refractivity contribution in [2.24, 2.45) is 0 Å². The van der Waals surface area contributed by atoms with Crippen LogP contribution >= 0.6 is 0 Å². The summed E-state index contributed by atoms with van der Waals surface area (Å²) < 4.78 is 19.3. The molecule has 1 aromatic heterocycles. The highest BCUT2D eigenvalue weighted by Gasteiger charge is 2.17. The maximum absolute atomic E-state index is 13.0. The van der Waals surface area contributed by atoms with Crippen LogP contribution in [-0.4, -0.2) is 28.7 Å². The van der Waals surface area contributed by atoms with Crippen LogP contribution in [0.25, 0.3) is 21.8 Å². The lowest BCUT2D eigenvalue weighted by Gasteiger charge is -2.19. The molecule has 0 spiro atoms. The molecule has 0 radical (unpaired) electrons. The average molecular weight is 466 g/mol. The number of hydrogen-bond donors (Lipinski definition) is 1. The van der Waals surface area contributed by atoms with E-state index in [0.717, 1.165) is 27.6 Å². The predicted octanol–water partition coefficient (Wildman–Crippen LogP) is 5.18. The topological polar surface area (TPSA) is 74.6 Å². The highest BCUT2D eigenvalue weighted by atomic mass is 16.6. The van der Waals surface area contributed by atoms with Crippen molar-refractivity contribution in [1.82, 2.24) is 9.55 Å². The number of aromatic nitrogens is 2. The van der Waals surface area contributed by atoms with E-state index in [1.54, 1.807) is 12.1 Å². The molecule has 6 rings (SSSR count). The van der Waals surface area contributed by atoms with E-state index in [1.165, 1.54) is 0 Å². The van der Waals surface area contributed by atoms with Crippen LogP contribution in [0.4, 0.5) is 5.69 Å². The first-order chi connectivity index (χ1) is 17.2. The molecule has 0 bridgehead atoms. The maximum Gasteiger partial charge on any atom is 0.244 e. The van der Waals surface area contributed by atoms with Crippen molar-refractivity contribution in [3.63, 3.8) is 0 Å². The summed E-state index contributed by atoms with van der Waals surface area (Å²) in [6, 6.07) is 27.2. The Bertz CT molecular complexity index is 1540. The van der Waals surface area contributed by atoms with Crippen LogP contribution in [0, 0.1) is 0 Å². The molecule has 174 valence electrons. The van der Waals surface area contributed by atoms with Gasteiger partial charge in [0.15, 0.2) is 11.5 Å². The molecule has 1 N–H and O–H groups in total. The molecule has 2 heterocycles. The zero-order valence-electron chi connectivity index (χ0n) is 18.9. The van der Waals surface area contributed by atoms with Gasteiger partial charge < -0.3 is 24.1 Å². The van der Waals surface area contributed by atoms with Crippen LogP contribution in [0.2, 0.25) is 0 Å². The van der Waals surface area contributed by atoms with Gasteiger partial charge in [0.1, 0.15) is 37.9 Å². The molecule has 1 aliphatic rings. The third kappa shape index (κ3) is 4.24. The van der Waals surface area contributed by atoms with Crippen molar-refractivity contribution >= 4 is 33.4 Å². The highest BCUT2D eigenvalue weighted by molar-refractivity contribution is 5.92. The van der Waals surface area contributed by atoms with Crippen molar-refractivity contribution in [3.8, 4) is 17.2 Å². The van der Waals surface area contributed by atoms with E-state index in [9.17, 15) is 4.79 Å². The van der Waals surface area contributed by atoms with Crippen molar-refractivity contribution in [2.45, 2.75) is 13.2 Å². The number of fused-ring (bicyclic) bond motifs is 3. The first-order valence-corrected chi connectivity index (χ1v) is 11.5. The number of imidazole rings is 1. The zero-order chi connectivity index (χ0) is 23.6. The molecule has 0 fully saturated rings. The Balaban J connectivity index is 1.25. The lowest BCUT2D eigenvalue weighted by atomic mass is 10.1. The van der Waals surface area contributed by atoms with Gasteiger partial charge in [0.25, 0.3) is 0 Å². The van der Waals surface area contributed by atoms with Crippen LogP contribution in [0.3, 0.4) is 0 Å². The van der Waals surface area contributed by atoms with Gasteiger partial charge >= 0.3 is 0 Å². The highest BCUT2D eigenvalue weighted by Crippen LogP contribution is 2.32. The van der Waals surface area contributed by atoms with Crippen LogP contribution < -0.4 is 19.5 Å². The SMILES string of the molecule is O=C(Cn1c(COc2cccc3ccccc23)nc2ccccc21)Nc1ccc2c(c1)OCCO2. The van der Waals surface area contributed by atoms with Crippen molar-refractivity contribution < 1.29 is 19.0 Å². The van der Waals surface area contributed by atoms with Crippen LogP contribution in [-0.2, 0) is 17.9 Å². The normalized spacial score (nSPS) is 12.6. The van der Waals surface area contributed by atoms with Crippen molar-refractivity contribution in [1.29, 1.82) is 0 Å². The average Bonchev–Trinajstić information content (AvgIpc) is 3.24. The second-order valence-corrected chi connectivity index (χ2v) is 8.28. The monoisotopic (exact) mass is 465 g/mol. The third-order valence-electron chi connectivity index (χ3n) is 5.97. The summed E-state index contributed by atoms with van der Waals surface area (Å²) in [6.45, 7) is 1.35. The lowest BCUT2D eigenvalue weighted by molar-refractivity contribution is -0.116. The Morgan fingerprint density at radius 3 is 2.66 bits per heavy atom. The Hall–Kier alpha value is -4.52. The Morgan fingerprint density at radius 1 is 0.914 bits per heavy atom. The second kappa shape index (κ2) is 9.02. The molecule has 1 aliphatic heterocycles. The number of anilines is 1. The first kappa shape index (κ1) is 21.0. The molecule has 7 heteroatoms. The summed E-state index contributed by atoms with van der Waals surface area (Å²) in [7, 11) is 0. The number of rotatable bonds is 6. The summed E-state index contributed by atoms with van der Waals surface area (Å²) in [5.74, 6) is 2.60. The van der Waals surface area contributed by atoms with E-state index in [1.807, 2.05) is 65.2 Å². The van der Waals surface area contributed by atoms with Gasteiger partial charge in [-0.2, -0.15) is 0 Å². The number of para-hydroxylation sites is 2. The lowest BCUT2D eigenvalue weighted by Crippen LogP contribution is -2.21. The molecule has 1 amide bonds. The van der Waals surface area contributed by atoms with Crippen LogP contribution in [0.5, 0.6) is 17.2 Å². The van der Waals surface area contributed by atoms with Gasteiger partial charge in [-0.25, -0.2) is 4.98 Å². The predicted molar refractivity (Wildman–Crippen MR) is 134 cm³/mol. The van der Waals surface area contributed by atoms with Crippen molar-refractivity contribution in [2.75, 3.05) is 18.5 Å².